The second kappa shape index (κ2) is 8.53. The van der Waals surface area contributed by atoms with Gasteiger partial charge in [-0.25, -0.2) is 27.9 Å². The van der Waals surface area contributed by atoms with E-state index in [1.807, 2.05) is 30.1 Å². The summed E-state index contributed by atoms with van der Waals surface area (Å²) in [4.78, 5) is 20.4. The first-order chi connectivity index (χ1) is 12.6. The Balaban J connectivity index is 2.19. The number of nitrogen functional groups attached to an aromatic ring is 1. The number of nitrogens with one attached hydrogen (secondary N) is 2. The molecule has 2 heterocycles. The summed E-state index contributed by atoms with van der Waals surface area (Å²) in [6.45, 7) is 7.51. The van der Waals surface area contributed by atoms with E-state index < -0.39 is 16.1 Å². The number of imidazole rings is 1. The van der Waals surface area contributed by atoms with Crippen molar-refractivity contribution < 1.29 is 17.9 Å². The van der Waals surface area contributed by atoms with Crippen molar-refractivity contribution in [1.82, 2.24) is 24.6 Å². The van der Waals surface area contributed by atoms with Gasteiger partial charge >= 0.3 is 6.03 Å². The first-order valence-electron chi connectivity index (χ1n) is 8.59. The van der Waals surface area contributed by atoms with Crippen molar-refractivity contribution in [3.63, 3.8) is 0 Å². The number of hydrogen-bond acceptors (Lipinski definition) is 7. The average molecular weight is 398 g/mol. The van der Waals surface area contributed by atoms with Crippen molar-refractivity contribution in [2.75, 3.05) is 25.1 Å². The quantitative estimate of drug-likeness (QED) is 0.559. The van der Waals surface area contributed by atoms with E-state index in [-0.39, 0.29) is 0 Å². The number of amides is 2. The molecular weight excluding hydrogens is 372 g/mol. The lowest BCUT2D eigenvalue weighted by Crippen LogP contribution is -2.39. The molecule has 0 unspecified atom stereocenters. The van der Waals surface area contributed by atoms with Crippen LogP contribution in [0.25, 0.3) is 11.0 Å². The monoisotopic (exact) mass is 398 g/mol. The lowest BCUT2D eigenvalue weighted by Gasteiger charge is -2.12. The van der Waals surface area contributed by atoms with Crippen molar-refractivity contribution >= 4 is 32.9 Å². The van der Waals surface area contributed by atoms with Crippen molar-refractivity contribution in [2.24, 2.45) is 0 Å². The Hall–Kier alpha value is -2.40. The molecule has 0 spiro atoms. The molecule has 2 aromatic rings. The number of sulfonamides is 1. The zero-order chi connectivity index (χ0) is 20.2. The summed E-state index contributed by atoms with van der Waals surface area (Å²) in [5, 5.41) is 2.52. The van der Waals surface area contributed by atoms with Crippen LogP contribution in [0.1, 0.15) is 30.4 Å². The molecule has 0 aliphatic carbocycles. The lowest BCUT2D eigenvalue weighted by atomic mass is 10.2. The highest BCUT2D eigenvalue weighted by Crippen LogP contribution is 2.26. The number of rotatable bonds is 8. The molecule has 2 amide bonds. The third kappa shape index (κ3) is 5.30. The third-order valence-corrected chi connectivity index (χ3v) is 4.59. The van der Waals surface area contributed by atoms with Crippen LogP contribution in [0.5, 0.6) is 0 Å². The Morgan fingerprint density at radius 1 is 1.30 bits per heavy atom. The van der Waals surface area contributed by atoms with Gasteiger partial charge in [0.15, 0.2) is 5.82 Å². The van der Waals surface area contributed by atoms with Crippen LogP contribution in [0.3, 0.4) is 0 Å². The SMILES string of the molecule is CCOCc1nc2c(N)nc(C)c(C)c2n1CCCNC(=O)NS(C)(=O)=O. The summed E-state index contributed by atoms with van der Waals surface area (Å²) in [6, 6.07) is -0.747. The van der Waals surface area contributed by atoms with E-state index in [9.17, 15) is 13.2 Å². The van der Waals surface area contributed by atoms with Gasteiger partial charge < -0.3 is 20.4 Å². The molecule has 10 nitrogen and oxygen atoms in total. The van der Waals surface area contributed by atoms with Crippen molar-refractivity contribution in [3.05, 3.63) is 17.1 Å². The van der Waals surface area contributed by atoms with Crippen LogP contribution in [-0.2, 0) is 27.9 Å². The van der Waals surface area contributed by atoms with Gasteiger partial charge in [-0.2, -0.15) is 0 Å². The Kier molecular flexibility index (Phi) is 6.60. The smallest absolute Gasteiger partial charge is 0.328 e. The highest BCUT2D eigenvalue weighted by Gasteiger charge is 2.17. The number of aryl methyl sites for hydroxylation is 3. The van der Waals surface area contributed by atoms with Crippen LogP contribution in [0, 0.1) is 13.8 Å². The van der Waals surface area contributed by atoms with E-state index in [0.29, 0.717) is 44.1 Å². The molecule has 0 saturated carbocycles. The van der Waals surface area contributed by atoms with Crippen molar-refractivity contribution in [3.8, 4) is 0 Å². The van der Waals surface area contributed by atoms with Crippen LogP contribution >= 0.6 is 0 Å². The molecule has 2 aromatic heterocycles. The molecule has 0 radical (unpaired) electrons. The normalized spacial score (nSPS) is 11.7. The van der Waals surface area contributed by atoms with Gasteiger partial charge in [-0.05, 0) is 32.8 Å². The second-order valence-electron chi connectivity index (χ2n) is 6.21. The highest BCUT2D eigenvalue weighted by atomic mass is 32.2. The second-order valence-corrected chi connectivity index (χ2v) is 7.95. The maximum absolute atomic E-state index is 11.5. The van der Waals surface area contributed by atoms with Gasteiger partial charge in [0, 0.05) is 25.4 Å². The number of carbonyl (C=O) groups is 1. The van der Waals surface area contributed by atoms with E-state index in [1.54, 1.807) is 0 Å². The Morgan fingerprint density at radius 3 is 2.63 bits per heavy atom. The van der Waals surface area contributed by atoms with Gasteiger partial charge in [0.1, 0.15) is 17.9 Å². The number of nitrogens with zero attached hydrogens (tertiary/aromatic N) is 3. The molecule has 4 N–H and O–H groups in total. The van der Waals surface area contributed by atoms with Gasteiger partial charge in [-0.15, -0.1) is 0 Å². The van der Waals surface area contributed by atoms with Crippen LogP contribution in [0.15, 0.2) is 0 Å². The number of fused-ring (bicyclic) bond motifs is 1. The molecule has 0 aromatic carbocycles. The number of anilines is 1. The molecule has 150 valence electrons. The molecular formula is C16H26N6O4S. The topological polar surface area (TPSA) is 141 Å². The zero-order valence-electron chi connectivity index (χ0n) is 16.0. The number of urea groups is 1. The van der Waals surface area contributed by atoms with Gasteiger partial charge in [0.25, 0.3) is 0 Å². The number of pyridine rings is 1. The number of hydrogen-bond donors (Lipinski definition) is 3. The lowest BCUT2D eigenvalue weighted by molar-refractivity contribution is 0.126. The first kappa shape index (κ1) is 20.9. The van der Waals surface area contributed by atoms with E-state index in [2.05, 4.69) is 15.3 Å². The van der Waals surface area contributed by atoms with Gasteiger partial charge in [-0.3, -0.25) is 0 Å². The number of aromatic nitrogens is 3. The number of nitrogens with two attached hydrogens (primary N) is 1. The molecule has 0 aliphatic rings. The molecule has 11 heteroatoms. The van der Waals surface area contributed by atoms with E-state index in [4.69, 9.17) is 10.5 Å². The van der Waals surface area contributed by atoms with Crippen molar-refractivity contribution in [1.29, 1.82) is 0 Å². The largest absolute Gasteiger partial charge is 0.382 e. The Bertz CT molecular complexity index is 938. The zero-order valence-corrected chi connectivity index (χ0v) is 16.8. The average Bonchev–Trinajstić information content (AvgIpc) is 2.92. The predicted octanol–water partition coefficient (Wildman–Crippen LogP) is 0.816. The van der Waals surface area contributed by atoms with Gasteiger partial charge in [0.05, 0.1) is 11.8 Å². The van der Waals surface area contributed by atoms with E-state index >= 15 is 0 Å². The molecule has 2 rings (SSSR count). The highest BCUT2D eigenvalue weighted by molar-refractivity contribution is 7.89. The number of ether oxygens (including phenoxy) is 1. The Labute approximate surface area is 158 Å². The van der Waals surface area contributed by atoms with Crippen LogP contribution in [0.2, 0.25) is 0 Å². The minimum atomic E-state index is -3.58. The first-order valence-corrected chi connectivity index (χ1v) is 10.5. The minimum absolute atomic E-state index is 0.299. The molecule has 0 saturated heterocycles. The molecule has 27 heavy (non-hydrogen) atoms. The van der Waals surface area contributed by atoms with Crippen molar-refractivity contribution in [2.45, 2.75) is 40.3 Å². The maximum atomic E-state index is 11.5. The summed E-state index contributed by atoms with van der Waals surface area (Å²) in [7, 11) is -3.58. The van der Waals surface area contributed by atoms with Crippen LogP contribution in [-0.4, -0.2) is 48.4 Å². The Morgan fingerprint density at radius 2 is 2.00 bits per heavy atom. The van der Waals surface area contributed by atoms with E-state index in [1.165, 1.54) is 0 Å². The van der Waals surface area contributed by atoms with Gasteiger partial charge in [0.2, 0.25) is 10.0 Å². The fourth-order valence-corrected chi connectivity index (χ4v) is 3.14. The summed E-state index contributed by atoms with van der Waals surface area (Å²) < 4.78 is 31.5. The summed E-state index contributed by atoms with van der Waals surface area (Å²) in [5.41, 5.74) is 9.39. The van der Waals surface area contributed by atoms with Crippen LogP contribution in [0.4, 0.5) is 10.6 Å². The molecule has 0 aliphatic heterocycles. The maximum Gasteiger partial charge on any atom is 0.328 e. The predicted molar refractivity (Wildman–Crippen MR) is 103 cm³/mol. The van der Waals surface area contributed by atoms with Gasteiger partial charge in [-0.1, -0.05) is 0 Å². The fourth-order valence-electron chi connectivity index (χ4n) is 2.73. The summed E-state index contributed by atoms with van der Waals surface area (Å²) in [5.74, 6) is 1.10. The van der Waals surface area contributed by atoms with E-state index in [0.717, 1.165) is 28.9 Å². The molecule has 0 bridgehead atoms. The number of carbonyl (C=O) groups excluding carboxylic acids is 1. The summed E-state index contributed by atoms with van der Waals surface area (Å²) in [6.07, 6.45) is 1.50. The van der Waals surface area contributed by atoms with Crippen LogP contribution < -0.4 is 15.8 Å². The standard InChI is InChI=1S/C16H26N6O4S/c1-5-26-9-12-20-13-14(10(2)11(3)19-15(13)17)22(12)8-6-7-18-16(23)21-27(4,24)25/h5-9H2,1-4H3,(H2,17,19)(H2,18,21,23). The molecule has 0 fully saturated rings. The molecule has 0 atom stereocenters. The fraction of sp³-hybridized carbons (Fsp3) is 0.562. The summed E-state index contributed by atoms with van der Waals surface area (Å²) >= 11 is 0. The minimum Gasteiger partial charge on any atom is -0.382 e. The third-order valence-electron chi connectivity index (χ3n) is 4.03.